The first kappa shape index (κ1) is 13.4. The van der Waals surface area contributed by atoms with E-state index >= 15 is 0 Å². The Balaban J connectivity index is 2.18. The molecule has 0 unspecified atom stereocenters. The van der Waals surface area contributed by atoms with Crippen molar-refractivity contribution in [2.45, 2.75) is 6.92 Å². The van der Waals surface area contributed by atoms with Crippen LogP contribution in [0.5, 0.6) is 0 Å². The molecule has 0 atom stereocenters. The molecule has 0 aromatic heterocycles. The maximum absolute atomic E-state index is 13.3. The molecule has 0 bridgehead atoms. The summed E-state index contributed by atoms with van der Waals surface area (Å²) in [6.07, 6.45) is 0. The zero-order valence-corrected chi connectivity index (χ0v) is 11.9. The molecule has 0 saturated carbocycles. The summed E-state index contributed by atoms with van der Waals surface area (Å²) in [5, 5.41) is 2.33. The van der Waals surface area contributed by atoms with Crippen molar-refractivity contribution >= 4 is 27.8 Å². The van der Waals surface area contributed by atoms with Gasteiger partial charge in [-0.25, -0.2) is 4.39 Å². The highest BCUT2D eigenvalue weighted by Crippen LogP contribution is 2.35. The molecular weight excluding hydrogens is 263 g/mol. The van der Waals surface area contributed by atoms with Gasteiger partial charge in [0.1, 0.15) is 5.82 Å². The summed E-state index contributed by atoms with van der Waals surface area (Å²) in [6.45, 7) is 2.81. The van der Waals surface area contributed by atoms with Crippen LogP contribution in [0.1, 0.15) is 6.92 Å². The molecular formula is C18H17FN2. The summed E-state index contributed by atoms with van der Waals surface area (Å²) in [6, 6.07) is 18.9. The van der Waals surface area contributed by atoms with Gasteiger partial charge in [0.25, 0.3) is 0 Å². The van der Waals surface area contributed by atoms with Gasteiger partial charge < -0.3 is 10.6 Å². The quantitative estimate of drug-likeness (QED) is 0.703. The van der Waals surface area contributed by atoms with E-state index in [2.05, 4.69) is 36.1 Å². The third-order valence-corrected chi connectivity index (χ3v) is 3.65. The fourth-order valence-electron chi connectivity index (χ4n) is 2.69. The fraction of sp³-hybridized carbons (Fsp3) is 0.111. The van der Waals surface area contributed by atoms with Gasteiger partial charge in [-0.3, -0.25) is 0 Å². The van der Waals surface area contributed by atoms with E-state index in [0.29, 0.717) is 5.69 Å². The minimum absolute atomic E-state index is 0.315. The second kappa shape index (κ2) is 5.44. The van der Waals surface area contributed by atoms with Crippen molar-refractivity contribution in [1.82, 2.24) is 0 Å². The van der Waals surface area contributed by atoms with E-state index in [1.54, 1.807) is 6.07 Å². The summed E-state index contributed by atoms with van der Waals surface area (Å²) >= 11 is 0. The number of hydrogen-bond donors (Lipinski definition) is 1. The summed E-state index contributed by atoms with van der Waals surface area (Å²) in [5.41, 5.74) is 8.35. The molecule has 0 saturated heterocycles. The average Bonchev–Trinajstić information content (AvgIpc) is 2.50. The molecule has 0 aliphatic carbocycles. The normalized spacial score (nSPS) is 10.8. The lowest BCUT2D eigenvalue weighted by Crippen LogP contribution is -2.17. The maximum atomic E-state index is 13.3. The topological polar surface area (TPSA) is 29.3 Å². The van der Waals surface area contributed by atoms with Crippen LogP contribution in [0.3, 0.4) is 0 Å². The lowest BCUT2D eigenvalue weighted by molar-refractivity contribution is 0.628. The van der Waals surface area contributed by atoms with E-state index in [-0.39, 0.29) is 5.82 Å². The van der Waals surface area contributed by atoms with Crippen LogP contribution in [-0.2, 0) is 0 Å². The van der Waals surface area contributed by atoms with Crippen molar-refractivity contribution in [3.05, 3.63) is 66.5 Å². The highest BCUT2D eigenvalue weighted by atomic mass is 19.1. The van der Waals surface area contributed by atoms with Gasteiger partial charge in [-0.2, -0.15) is 0 Å². The molecule has 106 valence electrons. The monoisotopic (exact) mass is 280 g/mol. The van der Waals surface area contributed by atoms with E-state index in [4.69, 9.17) is 5.73 Å². The van der Waals surface area contributed by atoms with Crippen LogP contribution in [-0.4, -0.2) is 6.54 Å². The van der Waals surface area contributed by atoms with E-state index < -0.39 is 0 Å². The van der Waals surface area contributed by atoms with Crippen molar-refractivity contribution in [1.29, 1.82) is 0 Å². The van der Waals surface area contributed by atoms with Gasteiger partial charge in [-0.05, 0) is 36.6 Å². The molecule has 0 aliphatic rings. The molecule has 0 aliphatic heterocycles. The zero-order valence-electron chi connectivity index (χ0n) is 11.9. The molecule has 0 fully saturated rings. The van der Waals surface area contributed by atoms with E-state index in [1.807, 2.05) is 18.2 Å². The summed E-state index contributed by atoms with van der Waals surface area (Å²) in [5.74, 6) is -0.315. The highest BCUT2D eigenvalue weighted by molar-refractivity contribution is 5.97. The molecule has 0 heterocycles. The molecule has 2 nitrogen and oxygen atoms in total. The van der Waals surface area contributed by atoms with Crippen molar-refractivity contribution in [3.63, 3.8) is 0 Å². The number of fused-ring (bicyclic) bond motifs is 1. The first-order valence-corrected chi connectivity index (χ1v) is 7.01. The number of nitrogen functional groups attached to an aromatic ring is 1. The Labute approximate surface area is 123 Å². The molecule has 0 spiro atoms. The molecule has 3 heteroatoms. The van der Waals surface area contributed by atoms with Crippen LogP contribution in [0.2, 0.25) is 0 Å². The van der Waals surface area contributed by atoms with Gasteiger partial charge in [-0.15, -0.1) is 0 Å². The van der Waals surface area contributed by atoms with E-state index in [9.17, 15) is 4.39 Å². The fourth-order valence-corrected chi connectivity index (χ4v) is 2.69. The summed E-state index contributed by atoms with van der Waals surface area (Å²) in [7, 11) is 0. The molecule has 2 N–H and O–H groups in total. The van der Waals surface area contributed by atoms with Gasteiger partial charge in [0.15, 0.2) is 0 Å². The van der Waals surface area contributed by atoms with Gasteiger partial charge in [0.2, 0.25) is 0 Å². The minimum Gasteiger partial charge on any atom is -0.397 e. The zero-order chi connectivity index (χ0) is 14.8. The number of nitrogens with two attached hydrogens (primary N) is 1. The molecule has 3 aromatic rings. The molecule has 21 heavy (non-hydrogen) atoms. The lowest BCUT2D eigenvalue weighted by atomic mass is 10.1. The predicted molar refractivity (Wildman–Crippen MR) is 87.4 cm³/mol. The largest absolute Gasteiger partial charge is 0.397 e. The first-order valence-electron chi connectivity index (χ1n) is 7.01. The van der Waals surface area contributed by atoms with Gasteiger partial charge in [-0.1, -0.05) is 36.4 Å². The third kappa shape index (κ3) is 2.42. The van der Waals surface area contributed by atoms with Crippen molar-refractivity contribution < 1.29 is 4.39 Å². The number of hydrogen-bond acceptors (Lipinski definition) is 2. The Kier molecular flexibility index (Phi) is 3.48. The number of rotatable bonds is 3. The van der Waals surface area contributed by atoms with Crippen LogP contribution >= 0.6 is 0 Å². The second-order valence-electron chi connectivity index (χ2n) is 4.95. The van der Waals surface area contributed by atoms with E-state index in [0.717, 1.165) is 23.3 Å². The SMILES string of the molecule is CCN(c1ccc(F)cc1N)c1cccc2ccccc12. The number of benzene rings is 3. The molecule has 3 rings (SSSR count). The molecule has 0 amide bonds. The van der Waals surface area contributed by atoms with Gasteiger partial charge in [0, 0.05) is 17.6 Å². The standard InChI is InChI=1S/C18H17FN2/c1-2-21(18-11-10-14(19)12-16(18)20)17-9-5-7-13-6-3-4-8-15(13)17/h3-12H,2,20H2,1H3. The van der Waals surface area contributed by atoms with Crippen LogP contribution in [0.25, 0.3) is 10.8 Å². The second-order valence-corrected chi connectivity index (χ2v) is 4.95. The van der Waals surface area contributed by atoms with Crippen molar-refractivity contribution in [3.8, 4) is 0 Å². The highest BCUT2D eigenvalue weighted by Gasteiger charge is 2.13. The average molecular weight is 280 g/mol. The smallest absolute Gasteiger partial charge is 0.125 e. The van der Waals surface area contributed by atoms with Crippen LogP contribution in [0.4, 0.5) is 21.5 Å². The molecule has 0 radical (unpaired) electrons. The summed E-state index contributed by atoms with van der Waals surface area (Å²) in [4.78, 5) is 2.11. The van der Waals surface area contributed by atoms with Crippen LogP contribution in [0, 0.1) is 5.82 Å². The third-order valence-electron chi connectivity index (χ3n) is 3.65. The Hall–Kier alpha value is -2.55. The Bertz CT molecular complexity index is 778. The number of anilines is 3. The predicted octanol–water partition coefficient (Wildman–Crippen LogP) is 4.72. The van der Waals surface area contributed by atoms with Gasteiger partial charge >= 0.3 is 0 Å². The van der Waals surface area contributed by atoms with Gasteiger partial charge in [0.05, 0.1) is 11.4 Å². The Morgan fingerprint density at radius 3 is 2.48 bits per heavy atom. The lowest BCUT2D eigenvalue weighted by Gasteiger charge is -2.26. The van der Waals surface area contributed by atoms with E-state index in [1.165, 1.54) is 17.5 Å². The Morgan fingerprint density at radius 1 is 0.952 bits per heavy atom. The van der Waals surface area contributed by atoms with Crippen LogP contribution in [0.15, 0.2) is 60.7 Å². The van der Waals surface area contributed by atoms with Crippen LogP contribution < -0.4 is 10.6 Å². The number of nitrogens with zero attached hydrogens (tertiary/aromatic N) is 1. The molecule has 3 aromatic carbocycles. The van der Waals surface area contributed by atoms with Crippen molar-refractivity contribution in [2.24, 2.45) is 0 Å². The first-order chi connectivity index (χ1) is 10.2. The minimum atomic E-state index is -0.315. The van der Waals surface area contributed by atoms with Crippen molar-refractivity contribution in [2.75, 3.05) is 17.2 Å². The summed E-state index contributed by atoms with van der Waals surface area (Å²) < 4.78 is 13.3. The number of halogens is 1. The maximum Gasteiger partial charge on any atom is 0.125 e. The Morgan fingerprint density at radius 2 is 1.71 bits per heavy atom.